The second-order valence-corrected chi connectivity index (χ2v) is 16.4. The third-order valence-electron chi connectivity index (χ3n) is 6.98. The van der Waals surface area contributed by atoms with Crippen LogP contribution in [0.4, 0.5) is 5.69 Å². The summed E-state index contributed by atoms with van der Waals surface area (Å²) in [5, 5.41) is 0.665. The lowest BCUT2D eigenvalue weighted by atomic mass is 10.2. The van der Waals surface area contributed by atoms with E-state index in [1.54, 1.807) is 17.8 Å². The number of fused-ring (bicyclic) bond motifs is 2. The van der Waals surface area contributed by atoms with Crippen molar-refractivity contribution in [3.8, 4) is 0 Å². The van der Waals surface area contributed by atoms with Crippen molar-refractivity contribution < 1.29 is 36.0 Å². The van der Waals surface area contributed by atoms with Crippen molar-refractivity contribution >= 4 is 88.5 Å². The lowest BCUT2D eigenvalue weighted by Crippen LogP contribution is -2.37. The zero-order valence-electron chi connectivity index (χ0n) is 23.1. The van der Waals surface area contributed by atoms with Gasteiger partial charge in [-0.2, -0.15) is 21.4 Å². The van der Waals surface area contributed by atoms with Crippen LogP contribution < -0.4 is 9.47 Å². The largest absolute Gasteiger partial charge is 0.870 e. The summed E-state index contributed by atoms with van der Waals surface area (Å²) >= 11 is 16.0. The monoisotopic (exact) mass is 694 g/mol. The smallest absolute Gasteiger partial charge is 0.267 e. The molecule has 42 heavy (non-hydrogen) atoms. The number of hydrogen-bond acceptors (Lipinski definition) is 8. The fourth-order valence-corrected chi connectivity index (χ4v) is 7.96. The van der Waals surface area contributed by atoms with E-state index in [9.17, 15) is 25.9 Å². The van der Waals surface area contributed by atoms with E-state index in [4.69, 9.17) is 23.2 Å². The molecule has 230 valence electrons. The van der Waals surface area contributed by atoms with Crippen LogP contribution in [-0.2, 0) is 26.8 Å². The molecular weight excluding hydrogens is 663 g/mol. The highest BCUT2D eigenvalue weighted by Crippen LogP contribution is 2.46. The average molecular weight is 696 g/mol. The van der Waals surface area contributed by atoms with E-state index in [1.165, 1.54) is 25.2 Å². The van der Waals surface area contributed by atoms with E-state index >= 15 is 0 Å². The molecule has 0 bridgehead atoms. The van der Waals surface area contributed by atoms with Gasteiger partial charge in [0.15, 0.2) is 6.54 Å². The third kappa shape index (κ3) is 7.88. The van der Waals surface area contributed by atoms with Gasteiger partial charge in [0.2, 0.25) is 5.52 Å². The van der Waals surface area contributed by atoms with Gasteiger partial charge in [0, 0.05) is 23.9 Å². The number of benzene rings is 2. The highest BCUT2D eigenvalue weighted by Gasteiger charge is 2.29. The van der Waals surface area contributed by atoms with E-state index in [0.29, 0.717) is 35.1 Å². The SMILES string of the molecule is CCC(=Cc1sc2ccc(Cl)c(Cl)c2[n+]1CCC(C)S(=O)(=O)O)C=C1Sc2ccccc2N1CCC(C)S(=O)(=O)O.[OH-]. The number of aryl methyl sites for hydroxylation is 1. The van der Waals surface area contributed by atoms with Gasteiger partial charge in [-0.05, 0) is 62.6 Å². The van der Waals surface area contributed by atoms with E-state index in [2.05, 4.69) is 11.0 Å². The maximum Gasteiger partial charge on any atom is 0.267 e. The molecule has 2 unspecified atom stereocenters. The van der Waals surface area contributed by atoms with Gasteiger partial charge in [0.05, 0.1) is 26.2 Å². The Morgan fingerprint density at radius 2 is 1.67 bits per heavy atom. The number of aromatic nitrogens is 1. The number of thioether (sulfide) groups is 1. The summed E-state index contributed by atoms with van der Waals surface area (Å²) in [6.07, 6.45) is 5.19. The van der Waals surface area contributed by atoms with Gasteiger partial charge in [-0.3, -0.25) is 9.11 Å². The van der Waals surface area contributed by atoms with Crippen molar-refractivity contribution in [3.05, 3.63) is 68.1 Å². The van der Waals surface area contributed by atoms with Crippen LogP contribution in [0.15, 0.2) is 58.0 Å². The Kier molecular flexibility index (Phi) is 11.6. The molecule has 15 heteroatoms. The normalized spacial score (nSPS) is 16.5. The number of para-hydroxylation sites is 1. The van der Waals surface area contributed by atoms with Gasteiger partial charge in [-0.1, -0.05) is 65.4 Å². The van der Waals surface area contributed by atoms with Gasteiger partial charge in [0.25, 0.3) is 25.2 Å². The summed E-state index contributed by atoms with van der Waals surface area (Å²) in [5.74, 6) is 0. The first-order valence-corrected chi connectivity index (χ1v) is 18.3. The molecular formula is C27H32Cl2N2O7S4. The minimum atomic E-state index is -4.19. The van der Waals surface area contributed by atoms with E-state index < -0.39 is 30.7 Å². The van der Waals surface area contributed by atoms with Crippen molar-refractivity contribution in [1.82, 2.24) is 0 Å². The Morgan fingerprint density at radius 3 is 2.31 bits per heavy atom. The molecule has 0 aliphatic carbocycles. The average Bonchev–Trinajstić information content (AvgIpc) is 3.43. The molecule has 0 spiro atoms. The third-order valence-corrected chi connectivity index (χ3v) is 12.5. The van der Waals surface area contributed by atoms with Crippen LogP contribution in [0, 0.1) is 0 Å². The molecule has 1 aromatic heterocycles. The summed E-state index contributed by atoms with van der Waals surface area (Å²) < 4.78 is 68.4. The fourth-order valence-electron chi connectivity index (χ4n) is 4.34. The molecule has 0 saturated carbocycles. The Labute approximate surface area is 264 Å². The molecule has 3 aromatic rings. The Hall–Kier alpha value is -1.68. The molecule has 0 saturated heterocycles. The van der Waals surface area contributed by atoms with Gasteiger partial charge < -0.3 is 10.4 Å². The zero-order chi connectivity index (χ0) is 30.1. The van der Waals surface area contributed by atoms with Gasteiger partial charge in [-0.25, -0.2) is 0 Å². The molecule has 0 amide bonds. The Morgan fingerprint density at radius 1 is 1.02 bits per heavy atom. The number of rotatable bonds is 11. The fraction of sp³-hybridized carbons (Fsp3) is 0.370. The van der Waals surface area contributed by atoms with E-state index in [0.717, 1.165) is 30.9 Å². The number of anilines is 1. The van der Waals surface area contributed by atoms with E-state index in [1.807, 2.05) is 47.9 Å². The first-order chi connectivity index (χ1) is 19.2. The van der Waals surface area contributed by atoms with Gasteiger partial charge in [-0.15, -0.1) is 0 Å². The number of allylic oxidation sites excluding steroid dienone is 2. The van der Waals surface area contributed by atoms with Crippen molar-refractivity contribution in [2.45, 2.75) is 62.0 Å². The molecule has 0 fully saturated rings. The first-order valence-electron chi connectivity index (χ1n) is 12.9. The second kappa shape index (κ2) is 14.0. The maximum atomic E-state index is 11.7. The van der Waals surface area contributed by atoms with Crippen molar-refractivity contribution in [3.63, 3.8) is 0 Å². The second-order valence-electron chi connectivity index (χ2n) is 9.81. The van der Waals surface area contributed by atoms with Gasteiger partial charge in [0.1, 0.15) is 9.72 Å². The first kappa shape index (κ1) is 34.8. The Bertz CT molecular complexity index is 1740. The highest BCUT2D eigenvalue weighted by molar-refractivity contribution is 8.03. The lowest BCUT2D eigenvalue weighted by Gasteiger charge is -2.22. The van der Waals surface area contributed by atoms with Crippen LogP contribution in [-0.4, -0.2) is 48.5 Å². The summed E-state index contributed by atoms with van der Waals surface area (Å²) in [7, 11) is -8.33. The number of nitrogens with zero attached hydrogens (tertiary/aromatic N) is 2. The van der Waals surface area contributed by atoms with Crippen molar-refractivity contribution in [2.75, 3.05) is 11.4 Å². The molecule has 3 N–H and O–H groups in total. The quantitative estimate of drug-likeness (QED) is 0.162. The molecule has 2 heterocycles. The minimum absolute atomic E-state index is 0. The topological polar surface area (TPSA) is 146 Å². The van der Waals surface area contributed by atoms with Crippen LogP contribution in [0.5, 0.6) is 0 Å². The van der Waals surface area contributed by atoms with Crippen molar-refractivity contribution in [1.29, 1.82) is 0 Å². The van der Waals surface area contributed by atoms with Crippen LogP contribution in [0.1, 0.15) is 45.0 Å². The number of thiazole rings is 1. The van der Waals surface area contributed by atoms with Crippen LogP contribution in [0.2, 0.25) is 10.0 Å². The Balaban J connectivity index is 0.00000484. The predicted molar refractivity (Wildman–Crippen MR) is 171 cm³/mol. The standard InChI is InChI=1S/C27H30Cl2N2O6S4.H2O/c1-4-19(15-24-30(13-11-17(2)40(32,33)34)21-7-5-6-8-22(21)38-24)16-25-31(14-12-18(3)41(35,36)37)27-23(39-25)10-9-20(28)26(27)29;/h5-10,15-18H,4,11-14H2,1-3H3,(H-,32,33,34,35,36,37);1H2. The predicted octanol–water partition coefficient (Wildman–Crippen LogP) is 6.90. The maximum absolute atomic E-state index is 11.7. The molecule has 2 atom stereocenters. The van der Waals surface area contributed by atoms with Crippen LogP contribution in [0.3, 0.4) is 0 Å². The van der Waals surface area contributed by atoms with Gasteiger partial charge >= 0.3 is 0 Å². The summed E-state index contributed by atoms with van der Waals surface area (Å²) in [6.45, 7) is 5.68. The minimum Gasteiger partial charge on any atom is -0.870 e. The number of hydrogen-bond donors (Lipinski definition) is 2. The molecule has 9 nitrogen and oxygen atoms in total. The lowest BCUT2D eigenvalue weighted by molar-refractivity contribution is -0.669. The summed E-state index contributed by atoms with van der Waals surface area (Å²) in [5.41, 5.74) is 2.65. The summed E-state index contributed by atoms with van der Waals surface area (Å²) in [6, 6.07) is 11.5. The highest BCUT2D eigenvalue weighted by atomic mass is 35.5. The summed E-state index contributed by atoms with van der Waals surface area (Å²) in [4.78, 5) is 3.11. The molecule has 1 aliphatic heterocycles. The van der Waals surface area contributed by atoms with E-state index in [-0.39, 0.29) is 18.3 Å². The number of halogens is 2. The van der Waals surface area contributed by atoms with Crippen LogP contribution >= 0.6 is 46.3 Å². The molecule has 1 aliphatic rings. The van der Waals surface area contributed by atoms with Crippen molar-refractivity contribution in [2.24, 2.45) is 0 Å². The molecule has 0 radical (unpaired) electrons. The molecule has 2 aromatic carbocycles. The molecule has 4 rings (SSSR count). The zero-order valence-corrected chi connectivity index (χ0v) is 27.8. The van der Waals surface area contributed by atoms with Crippen LogP contribution in [0.25, 0.3) is 16.3 Å².